The Hall–Kier alpha value is -2.33. The highest BCUT2D eigenvalue weighted by molar-refractivity contribution is 6.31. The predicted molar refractivity (Wildman–Crippen MR) is 105 cm³/mol. The van der Waals surface area contributed by atoms with Crippen molar-refractivity contribution in [1.82, 2.24) is 0 Å². The summed E-state index contributed by atoms with van der Waals surface area (Å²) in [6, 6.07) is 19.1. The molecule has 4 rings (SSSR count). The quantitative estimate of drug-likeness (QED) is 0.503. The van der Waals surface area contributed by atoms with Crippen LogP contribution in [0, 0.1) is 0 Å². The van der Waals surface area contributed by atoms with Gasteiger partial charge in [0.15, 0.2) is 0 Å². The summed E-state index contributed by atoms with van der Waals surface area (Å²) in [4.78, 5) is 0. The smallest absolute Gasteiger partial charge is 0.143 e. The summed E-state index contributed by atoms with van der Waals surface area (Å²) in [7, 11) is 0. The minimum Gasteiger partial charge on any atom is -0.455 e. The van der Waals surface area contributed by atoms with Crippen LogP contribution in [-0.4, -0.2) is 16.3 Å². The summed E-state index contributed by atoms with van der Waals surface area (Å²) in [6.07, 6.45) is -0.947. The number of para-hydroxylation sites is 2. The number of aliphatic hydroxyl groups is 2. The van der Waals surface area contributed by atoms with Gasteiger partial charge in [0.2, 0.25) is 0 Å². The average molecular weight is 367 g/mol. The number of hydrogen-bond donors (Lipinski definition) is 2. The van der Waals surface area contributed by atoms with Crippen molar-refractivity contribution in [2.45, 2.75) is 25.6 Å². The fraction of sp³-hybridized carbons (Fsp3) is 0.182. The summed E-state index contributed by atoms with van der Waals surface area (Å²) in [5.41, 5.74) is 2.29. The average Bonchev–Trinajstić information content (AvgIpc) is 3.00. The van der Waals surface area contributed by atoms with Crippen molar-refractivity contribution in [3.05, 3.63) is 71.2 Å². The van der Waals surface area contributed by atoms with Crippen molar-refractivity contribution in [3.63, 3.8) is 0 Å². The van der Waals surface area contributed by atoms with Gasteiger partial charge < -0.3 is 14.6 Å². The van der Waals surface area contributed by atoms with Crippen LogP contribution in [0.15, 0.2) is 65.1 Å². The van der Waals surface area contributed by atoms with Crippen molar-refractivity contribution >= 4 is 33.5 Å². The lowest BCUT2D eigenvalue weighted by Gasteiger charge is -2.29. The third-order valence-electron chi connectivity index (χ3n) is 5.03. The molecule has 0 aliphatic heterocycles. The molecule has 0 saturated heterocycles. The van der Waals surface area contributed by atoms with E-state index in [0.717, 1.165) is 33.1 Å². The molecular formula is C22H19ClO3. The van der Waals surface area contributed by atoms with E-state index in [9.17, 15) is 10.2 Å². The number of rotatable bonds is 3. The number of benzene rings is 3. The van der Waals surface area contributed by atoms with Crippen LogP contribution in [0.3, 0.4) is 0 Å². The van der Waals surface area contributed by atoms with E-state index in [1.807, 2.05) is 42.5 Å². The molecule has 4 aromatic rings. The van der Waals surface area contributed by atoms with Gasteiger partial charge in [-0.25, -0.2) is 0 Å². The van der Waals surface area contributed by atoms with Gasteiger partial charge in [-0.2, -0.15) is 0 Å². The predicted octanol–water partition coefficient (Wildman–Crippen LogP) is 5.49. The Morgan fingerprint density at radius 2 is 1.69 bits per heavy atom. The molecule has 0 fully saturated rings. The molecule has 0 spiro atoms. The van der Waals surface area contributed by atoms with E-state index in [0.29, 0.717) is 10.6 Å². The van der Waals surface area contributed by atoms with E-state index < -0.39 is 11.7 Å². The van der Waals surface area contributed by atoms with Crippen LogP contribution in [0.5, 0.6) is 0 Å². The van der Waals surface area contributed by atoms with E-state index in [1.165, 1.54) is 0 Å². The Morgan fingerprint density at radius 3 is 2.46 bits per heavy atom. The lowest BCUT2D eigenvalue weighted by atomic mass is 9.84. The van der Waals surface area contributed by atoms with Crippen molar-refractivity contribution in [2.24, 2.45) is 0 Å². The summed E-state index contributed by atoms with van der Waals surface area (Å²) in [5, 5.41) is 23.6. The highest BCUT2D eigenvalue weighted by atomic mass is 35.5. The molecule has 2 unspecified atom stereocenters. The highest BCUT2D eigenvalue weighted by Crippen LogP contribution is 2.41. The van der Waals surface area contributed by atoms with Crippen LogP contribution in [0.25, 0.3) is 33.1 Å². The Bertz CT molecular complexity index is 1110. The molecular weight excluding hydrogens is 348 g/mol. The molecule has 1 heterocycles. The fourth-order valence-corrected chi connectivity index (χ4v) is 3.54. The summed E-state index contributed by atoms with van der Waals surface area (Å²) in [6.45, 7) is 3.17. The summed E-state index contributed by atoms with van der Waals surface area (Å²) in [5.74, 6) is 0. The van der Waals surface area contributed by atoms with E-state index in [4.69, 9.17) is 16.0 Å². The molecule has 0 aliphatic rings. The first-order valence-corrected chi connectivity index (χ1v) is 8.88. The second-order valence-corrected chi connectivity index (χ2v) is 7.23. The van der Waals surface area contributed by atoms with E-state index in [1.54, 1.807) is 32.0 Å². The topological polar surface area (TPSA) is 53.6 Å². The molecule has 3 aromatic carbocycles. The zero-order chi connectivity index (χ0) is 18.5. The molecule has 132 valence electrons. The molecule has 1 aromatic heterocycles. The summed E-state index contributed by atoms with van der Waals surface area (Å²) >= 11 is 6.25. The molecule has 0 aliphatic carbocycles. The Kier molecular flexibility index (Phi) is 4.03. The standard InChI is InChI=1S/C22H19ClO3/c1-13(24)22(2,25)19-11-10-14(23)12-18(19)17-8-5-7-16-15-6-3-4-9-20(15)26-21(16)17/h3-13,24-25H,1-2H3. The number of halogens is 1. The monoisotopic (exact) mass is 366 g/mol. The SMILES string of the molecule is CC(O)C(C)(O)c1ccc(Cl)cc1-c1cccc2c1oc1ccccc12. The normalized spacial score (nSPS) is 15.3. The van der Waals surface area contributed by atoms with Crippen LogP contribution in [-0.2, 0) is 5.60 Å². The van der Waals surface area contributed by atoms with Gasteiger partial charge >= 0.3 is 0 Å². The van der Waals surface area contributed by atoms with Gasteiger partial charge in [0, 0.05) is 21.4 Å². The van der Waals surface area contributed by atoms with Crippen molar-refractivity contribution in [2.75, 3.05) is 0 Å². The second kappa shape index (κ2) is 6.13. The van der Waals surface area contributed by atoms with Crippen molar-refractivity contribution < 1.29 is 14.6 Å². The van der Waals surface area contributed by atoms with Crippen molar-refractivity contribution in [3.8, 4) is 11.1 Å². The Morgan fingerprint density at radius 1 is 0.962 bits per heavy atom. The molecule has 0 saturated carbocycles. The molecule has 4 heteroatoms. The molecule has 2 N–H and O–H groups in total. The van der Waals surface area contributed by atoms with E-state index in [2.05, 4.69) is 0 Å². The van der Waals surface area contributed by atoms with Gasteiger partial charge in [0.25, 0.3) is 0 Å². The molecule has 26 heavy (non-hydrogen) atoms. The maximum atomic E-state index is 10.9. The number of aliphatic hydroxyl groups excluding tert-OH is 1. The number of fused-ring (bicyclic) bond motifs is 3. The third-order valence-corrected chi connectivity index (χ3v) is 5.27. The maximum Gasteiger partial charge on any atom is 0.143 e. The van der Waals surface area contributed by atoms with Gasteiger partial charge in [0.1, 0.15) is 16.8 Å². The van der Waals surface area contributed by atoms with Gasteiger partial charge in [-0.3, -0.25) is 0 Å². The minimum absolute atomic E-state index is 0.554. The molecule has 3 nitrogen and oxygen atoms in total. The molecule has 0 amide bonds. The van der Waals surface area contributed by atoms with Crippen LogP contribution >= 0.6 is 11.6 Å². The van der Waals surface area contributed by atoms with Crippen molar-refractivity contribution in [1.29, 1.82) is 0 Å². The Labute approximate surface area is 156 Å². The Balaban J connectivity index is 2.06. The van der Waals surface area contributed by atoms with Crippen LogP contribution in [0.4, 0.5) is 0 Å². The first-order valence-electron chi connectivity index (χ1n) is 8.50. The lowest BCUT2D eigenvalue weighted by Crippen LogP contribution is -2.34. The number of furan rings is 1. The second-order valence-electron chi connectivity index (χ2n) is 6.79. The zero-order valence-corrected chi connectivity index (χ0v) is 15.3. The first kappa shape index (κ1) is 17.1. The largest absolute Gasteiger partial charge is 0.455 e. The summed E-state index contributed by atoms with van der Waals surface area (Å²) < 4.78 is 6.12. The minimum atomic E-state index is -1.42. The first-order chi connectivity index (χ1) is 12.4. The van der Waals surface area contributed by atoms with E-state index in [-0.39, 0.29) is 0 Å². The van der Waals surface area contributed by atoms with E-state index >= 15 is 0 Å². The van der Waals surface area contributed by atoms with Gasteiger partial charge in [0.05, 0.1) is 6.10 Å². The van der Waals surface area contributed by atoms with Crippen LogP contribution in [0.1, 0.15) is 19.4 Å². The fourth-order valence-electron chi connectivity index (χ4n) is 3.36. The van der Waals surface area contributed by atoms with Crippen LogP contribution in [0.2, 0.25) is 5.02 Å². The highest BCUT2D eigenvalue weighted by Gasteiger charge is 2.32. The number of hydrogen-bond acceptors (Lipinski definition) is 3. The lowest BCUT2D eigenvalue weighted by molar-refractivity contribution is -0.0565. The maximum absolute atomic E-state index is 10.9. The molecule has 2 atom stereocenters. The van der Waals surface area contributed by atoms with Gasteiger partial charge in [-0.15, -0.1) is 0 Å². The third kappa shape index (κ3) is 2.60. The zero-order valence-electron chi connectivity index (χ0n) is 14.5. The molecule has 0 bridgehead atoms. The van der Waals surface area contributed by atoms with Gasteiger partial charge in [-0.1, -0.05) is 54.1 Å². The molecule has 0 radical (unpaired) electrons. The van der Waals surface area contributed by atoms with Gasteiger partial charge in [-0.05, 0) is 43.2 Å². The van der Waals surface area contributed by atoms with Crippen LogP contribution < -0.4 is 0 Å².